The molecule has 0 fully saturated rings. The summed E-state index contributed by atoms with van der Waals surface area (Å²) in [5, 5.41) is 9.38. The molecule has 176 valence electrons. The molecule has 2 aromatic rings. The number of aryl methyl sites for hydroxylation is 2. The highest BCUT2D eigenvalue weighted by Crippen LogP contribution is 2.31. The lowest BCUT2D eigenvalue weighted by molar-refractivity contribution is 0.0460. The number of unbranched alkanes of at least 4 members (excludes halogenated alkanes) is 6. The Kier molecular flexibility index (Phi) is 12.6. The molecule has 2 aromatic carbocycles. The van der Waals surface area contributed by atoms with Crippen molar-refractivity contribution >= 4 is 6.16 Å². The minimum atomic E-state index is -1.17. The first-order valence-corrected chi connectivity index (χ1v) is 12.7. The van der Waals surface area contributed by atoms with Gasteiger partial charge in [-0.3, -0.25) is 0 Å². The van der Waals surface area contributed by atoms with Crippen LogP contribution in [0.4, 0.5) is 4.79 Å². The van der Waals surface area contributed by atoms with Gasteiger partial charge >= 0.3 is 6.16 Å². The van der Waals surface area contributed by atoms with Crippen molar-refractivity contribution in [1.29, 1.82) is 0 Å². The van der Waals surface area contributed by atoms with Crippen LogP contribution in [0.3, 0.4) is 0 Å². The second kappa shape index (κ2) is 15.5. The molecule has 0 aliphatic carbocycles. The third-order valence-electron chi connectivity index (χ3n) is 6.25. The molecule has 0 saturated heterocycles. The third-order valence-corrected chi connectivity index (χ3v) is 6.25. The molecule has 0 aliphatic heterocycles. The molecule has 1 unspecified atom stereocenters. The normalized spacial score (nSPS) is 11.9. The van der Waals surface area contributed by atoms with Crippen LogP contribution in [0.25, 0.3) is 0 Å². The molecule has 2 rings (SSSR count). The first kappa shape index (κ1) is 26.0. The van der Waals surface area contributed by atoms with Crippen molar-refractivity contribution in [3.8, 4) is 0 Å². The molecule has 3 nitrogen and oxygen atoms in total. The van der Waals surface area contributed by atoms with Crippen molar-refractivity contribution in [3.63, 3.8) is 0 Å². The smallest absolute Gasteiger partial charge is 0.450 e. The molecule has 1 N–H and O–H groups in total. The highest BCUT2D eigenvalue weighted by Gasteiger charge is 2.21. The van der Waals surface area contributed by atoms with E-state index in [9.17, 15) is 9.90 Å². The van der Waals surface area contributed by atoms with E-state index in [0.717, 1.165) is 69.8 Å². The van der Waals surface area contributed by atoms with Gasteiger partial charge in [0.2, 0.25) is 0 Å². The highest BCUT2D eigenvalue weighted by atomic mass is 16.7. The third kappa shape index (κ3) is 9.46. The number of benzene rings is 2. The van der Waals surface area contributed by atoms with E-state index >= 15 is 0 Å². The van der Waals surface area contributed by atoms with Crippen LogP contribution in [-0.2, 0) is 24.0 Å². The molecular formula is C29H42O3. The van der Waals surface area contributed by atoms with Crippen molar-refractivity contribution in [2.24, 2.45) is 0 Å². The van der Waals surface area contributed by atoms with Gasteiger partial charge in [-0.15, -0.1) is 0 Å². The number of rotatable bonds is 16. The lowest BCUT2D eigenvalue weighted by Crippen LogP contribution is -2.13. The summed E-state index contributed by atoms with van der Waals surface area (Å²) in [7, 11) is 0. The van der Waals surface area contributed by atoms with Gasteiger partial charge in [-0.1, -0.05) is 94.5 Å². The largest absolute Gasteiger partial charge is 0.506 e. The van der Waals surface area contributed by atoms with E-state index in [0.29, 0.717) is 0 Å². The molecular weight excluding hydrogens is 396 g/mol. The Morgan fingerprint density at radius 3 is 2.19 bits per heavy atom. The van der Waals surface area contributed by atoms with Crippen LogP contribution in [0.1, 0.15) is 106 Å². The van der Waals surface area contributed by atoms with Gasteiger partial charge < -0.3 is 9.84 Å². The van der Waals surface area contributed by atoms with Gasteiger partial charge in [0.15, 0.2) is 0 Å². The molecule has 0 bridgehead atoms. The van der Waals surface area contributed by atoms with Gasteiger partial charge in [-0.25, -0.2) is 4.79 Å². The molecule has 0 aromatic heterocycles. The second-order valence-corrected chi connectivity index (χ2v) is 8.86. The summed E-state index contributed by atoms with van der Waals surface area (Å²) in [5.41, 5.74) is 5.21. The average molecular weight is 439 g/mol. The lowest BCUT2D eigenvalue weighted by Gasteiger charge is -2.22. The molecule has 0 saturated carbocycles. The van der Waals surface area contributed by atoms with Crippen molar-refractivity contribution in [1.82, 2.24) is 0 Å². The maximum absolute atomic E-state index is 11.5. The van der Waals surface area contributed by atoms with Crippen molar-refractivity contribution < 1.29 is 14.6 Å². The van der Waals surface area contributed by atoms with Gasteiger partial charge in [0.1, 0.15) is 6.10 Å². The van der Waals surface area contributed by atoms with Crippen molar-refractivity contribution in [2.45, 2.75) is 103 Å². The number of carboxylic acid groups (broad SMARTS) is 1. The zero-order valence-electron chi connectivity index (χ0n) is 20.2. The van der Waals surface area contributed by atoms with Gasteiger partial charge in [0.05, 0.1) is 0 Å². The van der Waals surface area contributed by atoms with Crippen LogP contribution in [0, 0.1) is 0 Å². The van der Waals surface area contributed by atoms with Crippen LogP contribution >= 0.6 is 0 Å². The number of hydrogen-bond acceptors (Lipinski definition) is 2. The van der Waals surface area contributed by atoms with Crippen LogP contribution in [0.5, 0.6) is 0 Å². The Hall–Kier alpha value is -2.29. The minimum absolute atomic E-state index is 0.356. The summed E-state index contributed by atoms with van der Waals surface area (Å²) in [4.78, 5) is 11.5. The summed E-state index contributed by atoms with van der Waals surface area (Å²) < 4.78 is 5.42. The fraction of sp³-hybridized carbons (Fsp3) is 0.552. The molecule has 0 aliphatic rings. The maximum atomic E-state index is 11.5. The quantitative estimate of drug-likeness (QED) is 0.210. The molecule has 0 spiro atoms. The predicted molar refractivity (Wildman–Crippen MR) is 133 cm³/mol. The van der Waals surface area contributed by atoms with Crippen LogP contribution in [0.2, 0.25) is 0 Å². The van der Waals surface area contributed by atoms with Gasteiger partial charge in [-0.05, 0) is 73.6 Å². The standard InChI is InChI=1S/C29H42O3/c1-3-5-19-25-20-15-22-27(26(25)21-6-4-2)28(32-29(30)31)23-14-9-7-8-11-16-24-17-12-10-13-18-24/h10,12-13,15,17-18,20,22,28H,3-9,11,14,16,19,21,23H2,1-2H3,(H,30,31). The van der Waals surface area contributed by atoms with Gasteiger partial charge in [-0.2, -0.15) is 0 Å². The first-order valence-electron chi connectivity index (χ1n) is 12.7. The zero-order valence-corrected chi connectivity index (χ0v) is 20.2. The van der Waals surface area contributed by atoms with Crippen molar-refractivity contribution in [2.75, 3.05) is 0 Å². The molecule has 32 heavy (non-hydrogen) atoms. The zero-order chi connectivity index (χ0) is 23.0. The molecule has 0 amide bonds. The SMILES string of the molecule is CCCCc1cccc(C(CCCCCCCc2ccccc2)OC(=O)O)c1CCCC. The molecule has 0 radical (unpaired) electrons. The Labute approximate surface area is 195 Å². The van der Waals surface area contributed by atoms with Gasteiger partial charge in [0.25, 0.3) is 0 Å². The van der Waals surface area contributed by atoms with Crippen molar-refractivity contribution in [3.05, 3.63) is 70.8 Å². The lowest BCUT2D eigenvalue weighted by atomic mass is 9.89. The number of ether oxygens (including phenoxy) is 1. The van der Waals surface area contributed by atoms with E-state index in [4.69, 9.17) is 4.74 Å². The van der Waals surface area contributed by atoms with Crippen LogP contribution in [0.15, 0.2) is 48.5 Å². The predicted octanol–water partition coefficient (Wildman–Crippen LogP) is 8.69. The fourth-order valence-corrected chi connectivity index (χ4v) is 4.45. The Bertz CT molecular complexity index is 769. The minimum Gasteiger partial charge on any atom is -0.450 e. The molecule has 3 heteroatoms. The second-order valence-electron chi connectivity index (χ2n) is 8.86. The van der Waals surface area contributed by atoms with E-state index < -0.39 is 6.16 Å². The topological polar surface area (TPSA) is 46.5 Å². The Morgan fingerprint density at radius 2 is 1.47 bits per heavy atom. The van der Waals surface area contributed by atoms with E-state index in [-0.39, 0.29) is 6.10 Å². The van der Waals surface area contributed by atoms with E-state index in [2.05, 4.69) is 62.4 Å². The first-order chi connectivity index (χ1) is 15.7. The summed E-state index contributed by atoms with van der Waals surface area (Å²) in [6.07, 6.45) is 12.7. The summed E-state index contributed by atoms with van der Waals surface area (Å²) >= 11 is 0. The molecule has 0 heterocycles. The van der Waals surface area contributed by atoms with E-state index in [1.165, 1.54) is 36.0 Å². The summed E-state index contributed by atoms with van der Waals surface area (Å²) in [5.74, 6) is 0. The Balaban J connectivity index is 1.92. The number of carbonyl (C=O) groups is 1. The van der Waals surface area contributed by atoms with Crippen LogP contribution in [-0.4, -0.2) is 11.3 Å². The molecule has 1 atom stereocenters. The Morgan fingerprint density at radius 1 is 0.781 bits per heavy atom. The summed E-state index contributed by atoms with van der Waals surface area (Å²) in [6.45, 7) is 4.42. The summed E-state index contributed by atoms with van der Waals surface area (Å²) in [6, 6.07) is 17.0. The fourth-order valence-electron chi connectivity index (χ4n) is 4.45. The van der Waals surface area contributed by atoms with Crippen LogP contribution < -0.4 is 0 Å². The highest BCUT2D eigenvalue weighted by molar-refractivity contribution is 5.57. The van der Waals surface area contributed by atoms with E-state index in [1.54, 1.807) is 0 Å². The van der Waals surface area contributed by atoms with E-state index in [1.807, 2.05) is 0 Å². The monoisotopic (exact) mass is 438 g/mol. The number of hydrogen-bond donors (Lipinski definition) is 1. The van der Waals surface area contributed by atoms with Gasteiger partial charge in [0, 0.05) is 0 Å². The maximum Gasteiger partial charge on any atom is 0.506 e. The average Bonchev–Trinajstić information content (AvgIpc) is 2.80.